The smallest absolute Gasteiger partial charge is 0.433 e. The van der Waals surface area contributed by atoms with Crippen molar-refractivity contribution >= 4 is 23.4 Å². The number of aromatic nitrogens is 2. The summed E-state index contributed by atoms with van der Waals surface area (Å²) in [7, 11) is 0. The van der Waals surface area contributed by atoms with Gasteiger partial charge in [-0.25, -0.2) is 14.8 Å². The van der Waals surface area contributed by atoms with Crippen LogP contribution < -0.4 is 0 Å². The minimum Gasteiger partial charge on any atom is -0.463 e. The summed E-state index contributed by atoms with van der Waals surface area (Å²) in [6.45, 7) is 1.67. The number of carbonyl (C=O) groups is 1. The Bertz CT molecular complexity index is 1010. The van der Waals surface area contributed by atoms with Crippen LogP contribution in [0.5, 0.6) is 0 Å². The largest absolute Gasteiger partial charge is 0.463 e. The van der Waals surface area contributed by atoms with E-state index in [0.29, 0.717) is 17.5 Å². The minimum atomic E-state index is -4.67. The zero-order valence-corrected chi connectivity index (χ0v) is 15.8. The molecule has 1 aromatic carbocycles. The maximum absolute atomic E-state index is 13.1. The Morgan fingerprint density at radius 2 is 1.93 bits per heavy atom. The summed E-state index contributed by atoms with van der Waals surface area (Å²) in [5, 5.41) is 3.51. The number of alkyl halides is 3. The molecule has 150 valence electrons. The summed E-state index contributed by atoms with van der Waals surface area (Å²) in [6.07, 6.45) is -3.35. The van der Waals surface area contributed by atoms with E-state index in [2.05, 4.69) is 15.1 Å². The fraction of sp³-hybridized carbons (Fsp3) is 0.158. The molecule has 0 atom stereocenters. The number of carbonyl (C=O) groups excluding carboxylic acids is 1. The summed E-state index contributed by atoms with van der Waals surface area (Å²) < 4.78 is 44.5. The highest BCUT2D eigenvalue weighted by atomic mass is 32.2. The topological polar surface area (TPSA) is 77.6 Å². The van der Waals surface area contributed by atoms with Gasteiger partial charge in [0.15, 0.2) is 10.9 Å². The highest BCUT2D eigenvalue weighted by Gasteiger charge is 2.34. The lowest BCUT2D eigenvalue weighted by molar-refractivity contribution is -0.141. The first-order valence-electron chi connectivity index (χ1n) is 8.26. The summed E-state index contributed by atoms with van der Waals surface area (Å²) in [4.78, 5) is 24.2. The van der Waals surface area contributed by atoms with Crippen molar-refractivity contribution < 1.29 is 27.2 Å². The van der Waals surface area contributed by atoms with Crippen molar-refractivity contribution in [3.8, 4) is 11.5 Å². The van der Waals surface area contributed by atoms with Crippen LogP contribution in [-0.4, -0.2) is 27.4 Å². The van der Waals surface area contributed by atoms with Crippen molar-refractivity contribution in [1.29, 1.82) is 0 Å². The monoisotopic (exact) mass is 421 g/mol. The lowest BCUT2D eigenvalue weighted by Crippen LogP contribution is -2.11. The fourth-order valence-corrected chi connectivity index (χ4v) is 2.81. The van der Waals surface area contributed by atoms with E-state index in [4.69, 9.17) is 9.25 Å². The molecule has 0 saturated carbocycles. The highest BCUT2D eigenvalue weighted by molar-refractivity contribution is 7.99. The molecule has 0 amide bonds. The molecule has 0 radical (unpaired) electrons. The molecule has 0 N–H and O–H groups in total. The lowest BCUT2D eigenvalue weighted by atomic mass is 10.1. The van der Waals surface area contributed by atoms with Crippen molar-refractivity contribution in [1.82, 2.24) is 9.97 Å². The molecule has 3 aromatic rings. The van der Waals surface area contributed by atoms with Gasteiger partial charge in [0.2, 0.25) is 0 Å². The number of benzene rings is 1. The molecule has 2 heterocycles. The maximum Gasteiger partial charge on any atom is 0.433 e. The van der Waals surface area contributed by atoms with Gasteiger partial charge in [-0.2, -0.15) is 13.2 Å². The predicted octanol–water partition coefficient (Wildman–Crippen LogP) is 4.81. The van der Waals surface area contributed by atoms with E-state index in [-0.39, 0.29) is 22.4 Å². The number of oxime groups is 1. The second-order valence-corrected chi connectivity index (χ2v) is 6.63. The molecule has 0 saturated heterocycles. The lowest BCUT2D eigenvalue weighted by Gasteiger charge is -2.09. The van der Waals surface area contributed by atoms with Crippen LogP contribution in [0.4, 0.5) is 13.2 Å². The Kier molecular flexibility index (Phi) is 6.32. The molecule has 0 aliphatic carbocycles. The Hall–Kier alpha value is -3.14. The number of thioether (sulfide) groups is 1. The van der Waals surface area contributed by atoms with E-state index in [1.54, 1.807) is 19.1 Å². The third-order valence-electron chi connectivity index (χ3n) is 3.56. The average Bonchev–Trinajstić information content (AvgIpc) is 3.25. The number of halogens is 3. The van der Waals surface area contributed by atoms with E-state index in [0.717, 1.165) is 11.6 Å². The van der Waals surface area contributed by atoms with E-state index in [1.165, 1.54) is 18.4 Å². The van der Waals surface area contributed by atoms with Crippen LogP contribution >= 0.6 is 11.8 Å². The van der Waals surface area contributed by atoms with Crippen molar-refractivity contribution in [3.05, 3.63) is 66.1 Å². The number of rotatable bonds is 6. The van der Waals surface area contributed by atoms with Gasteiger partial charge in [-0.05, 0) is 30.7 Å². The normalized spacial score (nSPS) is 12.1. The molecule has 29 heavy (non-hydrogen) atoms. The van der Waals surface area contributed by atoms with Gasteiger partial charge in [-0.15, -0.1) is 0 Å². The zero-order valence-electron chi connectivity index (χ0n) is 15.0. The maximum atomic E-state index is 13.1. The third kappa shape index (κ3) is 5.67. The summed E-state index contributed by atoms with van der Waals surface area (Å²) >= 11 is 0.710. The van der Waals surface area contributed by atoms with Crippen LogP contribution in [0.3, 0.4) is 0 Å². The van der Waals surface area contributed by atoms with Crippen LogP contribution in [0.15, 0.2) is 69.5 Å². The molecule has 3 rings (SSSR count). The first-order valence-corrected chi connectivity index (χ1v) is 9.24. The third-order valence-corrected chi connectivity index (χ3v) is 4.39. The Morgan fingerprint density at radius 3 is 2.59 bits per heavy atom. The molecule has 6 nitrogen and oxygen atoms in total. The first-order chi connectivity index (χ1) is 13.8. The van der Waals surface area contributed by atoms with E-state index < -0.39 is 17.8 Å². The van der Waals surface area contributed by atoms with Crippen LogP contribution in [0, 0.1) is 0 Å². The van der Waals surface area contributed by atoms with Crippen LogP contribution in [0.25, 0.3) is 11.5 Å². The molecule has 2 aromatic heterocycles. The first kappa shape index (κ1) is 20.6. The van der Waals surface area contributed by atoms with Gasteiger partial charge in [-0.1, -0.05) is 47.2 Å². The van der Waals surface area contributed by atoms with Crippen molar-refractivity contribution in [2.24, 2.45) is 5.16 Å². The van der Waals surface area contributed by atoms with Crippen molar-refractivity contribution in [2.75, 3.05) is 5.75 Å². The molecule has 10 heteroatoms. The fourth-order valence-electron chi connectivity index (χ4n) is 2.19. The predicted molar refractivity (Wildman–Crippen MR) is 100 cm³/mol. The molecule has 0 aliphatic heterocycles. The molecule has 0 spiro atoms. The number of furan rings is 1. The standard InChI is InChI=1S/C19H14F3N3O3S/c1-12(13-6-3-2-4-7-13)25-28-17(26)11-29-18-23-14(15-8-5-9-27-15)10-16(24-18)19(20,21)22/h2-10H,11H2,1H3. The second-order valence-electron chi connectivity index (χ2n) is 5.69. The Morgan fingerprint density at radius 1 is 1.17 bits per heavy atom. The SMILES string of the molecule is CC(=NOC(=O)CSc1nc(-c2ccco2)cc(C(F)(F)F)n1)c1ccccc1. The van der Waals surface area contributed by atoms with Gasteiger partial charge in [0, 0.05) is 0 Å². The summed E-state index contributed by atoms with van der Waals surface area (Å²) in [6, 6.07) is 12.9. The van der Waals surface area contributed by atoms with E-state index >= 15 is 0 Å². The number of nitrogens with zero attached hydrogens (tertiary/aromatic N) is 3. The molecular weight excluding hydrogens is 407 g/mol. The van der Waals surface area contributed by atoms with E-state index in [1.807, 2.05) is 18.2 Å². The molecule has 0 fully saturated rings. The van der Waals surface area contributed by atoms with Crippen molar-refractivity contribution in [3.63, 3.8) is 0 Å². The average molecular weight is 421 g/mol. The van der Waals surface area contributed by atoms with E-state index in [9.17, 15) is 18.0 Å². The molecule has 0 bridgehead atoms. The summed E-state index contributed by atoms with van der Waals surface area (Å²) in [5.41, 5.74) is 0.0930. The number of hydrogen-bond donors (Lipinski definition) is 0. The van der Waals surface area contributed by atoms with Gasteiger partial charge in [-0.3, -0.25) is 0 Å². The Balaban J connectivity index is 1.69. The molecular formula is C19H14F3N3O3S. The number of hydrogen-bond acceptors (Lipinski definition) is 7. The van der Waals surface area contributed by atoms with Gasteiger partial charge >= 0.3 is 12.1 Å². The van der Waals surface area contributed by atoms with Gasteiger partial charge < -0.3 is 9.25 Å². The minimum absolute atomic E-state index is 0.0360. The Labute approximate surface area is 167 Å². The highest BCUT2D eigenvalue weighted by Crippen LogP contribution is 2.32. The van der Waals surface area contributed by atoms with Gasteiger partial charge in [0.25, 0.3) is 0 Å². The zero-order chi connectivity index (χ0) is 20.9. The molecule has 0 unspecified atom stereocenters. The van der Waals surface area contributed by atoms with Crippen LogP contribution in [0.1, 0.15) is 18.2 Å². The van der Waals surface area contributed by atoms with Gasteiger partial charge in [0.05, 0.1) is 12.0 Å². The van der Waals surface area contributed by atoms with Crippen LogP contribution in [-0.2, 0) is 15.8 Å². The summed E-state index contributed by atoms with van der Waals surface area (Å²) in [5.74, 6) is -0.902. The molecule has 0 aliphatic rings. The quantitative estimate of drug-likeness (QED) is 0.187. The van der Waals surface area contributed by atoms with Gasteiger partial charge in [0.1, 0.15) is 17.1 Å². The second kappa shape index (κ2) is 8.91. The van der Waals surface area contributed by atoms with Crippen molar-refractivity contribution in [2.45, 2.75) is 18.3 Å². The van der Waals surface area contributed by atoms with Crippen LogP contribution in [0.2, 0.25) is 0 Å².